The molecule has 1 unspecified atom stereocenters. The summed E-state index contributed by atoms with van der Waals surface area (Å²) in [6.45, 7) is 1.69. The number of hydrogen-bond acceptors (Lipinski definition) is 4. The van der Waals surface area contributed by atoms with Gasteiger partial charge in [0.2, 0.25) is 0 Å². The Hall–Kier alpha value is -2.12. The third kappa shape index (κ3) is 5.71. The van der Waals surface area contributed by atoms with Gasteiger partial charge >= 0.3 is 5.97 Å². The normalized spacial score (nSPS) is 12.2. The van der Waals surface area contributed by atoms with Crippen LogP contribution in [0, 0.1) is 0 Å². The van der Waals surface area contributed by atoms with Gasteiger partial charge in [0.15, 0.2) is 0 Å². The number of carboxylic acids is 1. The van der Waals surface area contributed by atoms with Gasteiger partial charge in [0.05, 0.1) is 19.3 Å². The van der Waals surface area contributed by atoms with Gasteiger partial charge in [0, 0.05) is 0 Å². The standard InChI is InChI=1S/C14H14O3.CH4O3S/c1-9(14(15)16)10-3-4-12-8-13(17-2)6-5-11(12)7-10;1-5(2,3)4/h3-9H,1-2H3,(H,15,16);1H3,(H,2,3,4). The van der Waals surface area contributed by atoms with Crippen LogP contribution in [-0.2, 0) is 14.9 Å². The highest BCUT2D eigenvalue weighted by molar-refractivity contribution is 7.85. The zero-order valence-electron chi connectivity index (χ0n) is 12.5. The number of methoxy groups -OCH3 is 1. The maximum atomic E-state index is 10.9. The fraction of sp³-hybridized carbons (Fsp3) is 0.267. The van der Waals surface area contributed by atoms with Gasteiger partial charge in [-0.05, 0) is 35.4 Å². The van der Waals surface area contributed by atoms with Gasteiger partial charge in [0.25, 0.3) is 10.1 Å². The van der Waals surface area contributed by atoms with Crippen LogP contribution in [0.3, 0.4) is 0 Å². The number of rotatable bonds is 3. The minimum Gasteiger partial charge on any atom is -0.497 e. The molecule has 2 N–H and O–H groups in total. The minimum atomic E-state index is -3.67. The third-order valence-corrected chi connectivity index (χ3v) is 2.94. The molecular weight excluding hydrogens is 308 g/mol. The molecule has 1 atom stereocenters. The van der Waals surface area contributed by atoms with Gasteiger partial charge in [-0.25, -0.2) is 0 Å². The van der Waals surface area contributed by atoms with E-state index in [9.17, 15) is 13.2 Å². The molecule has 0 saturated heterocycles. The number of aliphatic carboxylic acids is 1. The Kier molecular flexibility index (Phi) is 5.90. The molecule has 0 bridgehead atoms. The lowest BCUT2D eigenvalue weighted by Gasteiger charge is -2.08. The van der Waals surface area contributed by atoms with Crippen molar-refractivity contribution in [1.82, 2.24) is 0 Å². The van der Waals surface area contributed by atoms with E-state index >= 15 is 0 Å². The summed E-state index contributed by atoms with van der Waals surface area (Å²) in [4.78, 5) is 10.9. The average Bonchev–Trinajstić information content (AvgIpc) is 2.43. The van der Waals surface area contributed by atoms with Gasteiger partial charge in [-0.1, -0.05) is 24.3 Å². The molecule has 0 fully saturated rings. The van der Waals surface area contributed by atoms with Gasteiger partial charge in [-0.3, -0.25) is 9.35 Å². The van der Waals surface area contributed by atoms with Crippen molar-refractivity contribution < 1.29 is 27.6 Å². The number of benzene rings is 2. The summed E-state index contributed by atoms with van der Waals surface area (Å²) in [6, 6.07) is 11.4. The van der Waals surface area contributed by atoms with Crippen LogP contribution < -0.4 is 4.74 Å². The van der Waals surface area contributed by atoms with E-state index in [0.29, 0.717) is 6.26 Å². The quantitative estimate of drug-likeness (QED) is 0.841. The summed E-state index contributed by atoms with van der Waals surface area (Å²) < 4.78 is 31.0. The molecule has 2 rings (SSSR count). The van der Waals surface area contributed by atoms with E-state index in [2.05, 4.69) is 0 Å². The van der Waals surface area contributed by atoms with E-state index in [1.54, 1.807) is 14.0 Å². The average molecular weight is 326 g/mol. The largest absolute Gasteiger partial charge is 0.497 e. The summed E-state index contributed by atoms with van der Waals surface area (Å²) >= 11 is 0. The first-order valence-electron chi connectivity index (χ1n) is 6.35. The van der Waals surface area contributed by atoms with Gasteiger partial charge < -0.3 is 9.84 Å². The molecule has 120 valence electrons. The highest BCUT2D eigenvalue weighted by Crippen LogP contribution is 2.25. The first-order valence-corrected chi connectivity index (χ1v) is 8.19. The van der Waals surface area contributed by atoms with Crippen molar-refractivity contribution in [3.05, 3.63) is 42.0 Å². The van der Waals surface area contributed by atoms with E-state index in [-0.39, 0.29) is 0 Å². The van der Waals surface area contributed by atoms with E-state index < -0.39 is 22.0 Å². The highest BCUT2D eigenvalue weighted by atomic mass is 32.2. The zero-order valence-corrected chi connectivity index (χ0v) is 13.3. The second-order valence-corrected chi connectivity index (χ2v) is 6.23. The van der Waals surface area contributed by atoms with Crippen molar-refractivity contribution in [3.8, 4) is 5.75 Å². The fourth-order valence-corrected chi connectivity index (χ4v) is 1.78. The highest BCUT2D eigenvalue weighted by Gasteiger charge is 2.13. The molecule has 0 heterocycles. The molecule has 0 aliphatic heterocycles. The van der Waals surface area contributed by atoms with E-state index in [4.69, 9.17) is 14.4 Å². The number of ether oxygens (including phenoxy) is 1. The fourth-order valence-electron chi connectivity index (χ4n) is 1.78. The second kappa shape index (κ2) is 7.24. The lowest BCUT2D eigenvalue weighted by Crippen LogP contribution is -2.06. The molecular formula is C15H18O6S. The van der Waals surface area contributed by atoms with Crippen molar-refractivity contribution in [3.63, 3.8) is 0 Å². The SMILES string of the molecule is COc1ccc2cc(C(C)C(=O)O)ccc2c1.CS(=O)(=O)O. The first-order chi connectivity index (χ1) is 10.1. The molecule has 0 aromatic heterocycles. The molecule has 0 aliphatic carbocycles. The number of fused-ring (bicyclic) bond motifs is 1. The summed E-state index contributed by atoms with van der Waals surface area (Å²) in [6.07, 6.45) is 0.715. The van der Waals surface area contributed by atoms with Crippen LogP contribution in [0.5, 0.6) is 5.75 Å². The van der Waals surface area contributed by atoms with Crippen LogP contribution in [0.15, 0.2) is 36.4 Å². The number of hydrogen-bond donors (Lipinski definition) is 2. The lowest BCUT2D eigenvalue weighted by molar-refractivity contribution is -0.138. The Morgan fingerprint density at radius 2 is 1.64 bits per heavy atom. The third-order valence-electron chi connectivity index (χ3n) is 2.94. The predicted octanol–water partition coefficient (Wildman–Crippen LogP) is 2.54. The van der Waals surface area contributed by atoms with Crippen LogP contribution >= 0.6 is 0 Å². The van der Waals surface area contributed by atoms with Crippen molar-refractivity contribution in [2.24, 2.45) is 0 Å². The van der Waals surface area contributed by atoms with Crippen LogP contribution in [0.25, 0.3) is 10.8 Å². The smallest absolute Gasteiger partial charge is 0.310 e. The van der Waals surface area contributed by atoms with Crippen molar-refractivity contribution in [2.45, 2.75) is 12.8 Å². The summed E-state index contributed by atoms with van der Waals surface area (Å²) in [5.74, 6) is -0.490. The lowest BCUT2D eigenvalue weighted by atomic mass is 9.98. The molecule has 0 amide bonds. The molecule has 0 saturated carbocycles. The van der Waals surface area contributed by atoms with E-state index in [1.807, 2.05) is 36.4 Å². The Labute approximate surface area is 129 Å². The van der Waals surface area contributed by atoms with E-state index in [0.717, 1.165) is 22.1 Å². The van der Waals surface area contributed by atoms with Crippen LogP contribution in [-0.4, -0.2) is 37.4 Å². The first kappa shape index (κ1) is 17.9. The summed E-state index contributed by atoms with van der Waals surface area (Å²) in [5, 5.41) is 11.0. The second-order valence-electron chi connectivity index (χ2n) is 4.77. The monoisotopic (exact) mass is 326 g/mol. The Morgan fingerprint density at radius 1 is 1.14 bits per heavy atom. The van der Waals surface area contributed by atoms with Gasteiger partial charge in [0.1, 0.15) is 5.75 Å². The predicted molar refractivity (Wildman–Crippen MR) is 84.0 cm³/mol. The number of carbonyl (C=O) groups is 1. The Balaban J connectivity index is 0.000000422. The number of carboxylic acid groups (broad SMARTS) is 1. The molecule has 2 aromatic carbocycles. The molecule has 22 heavy (non-hydrogen) atoms. The topological polar surface area (TPSA) is 101 Å². The van der Waals surface area contributed by atoms with Crippen molar-refractivity contribution in [1.29, 1.82) is 0 Å². The van der Waals surface area contributed by atoms with Crippen LogP contribution in [0.2, 0.25) is 0 Å². The maximum Gasteiger partial charge on any atom is 0.310 e. The molecule has 0 radical (unpaired) electrons. The van der Waals surface area contributed by atoms with Crippen molar-refractivity contribution >= 4 is 26.9 Å². The van der Waals surface area contributed by atoms with Crippen LogP contribution in [0.4, 0.5) is 0 Å². The van der Waals surface area contributed by atoms with E-state index in [1.165, 1.54) is 0 Å². The summed E-state index contributed by atoms with van der Waals surface area (Å²) in [5.41, 5.74) is 0.815. The Bertz CT molecular complexity index is 759. The zero-order chi connectivity index (χ0) is 16.9. The molecule has 7 heteroatoms. The van der Waals surface area contributed by atoms with Crippen molar-refractivity contribution in [2.75, 3.05) is 13.4 Å². The molecule has 0 spiro atoms. The minimum absolute atomic E-state index is 0.485. The van der Waals surface area contributed by atoms with Gasteiger partial charge in [-0.2, -0.15) is 8.42 Å². The maximum absolute atomic E-state index is 10.9. The molecule has 6 nitrogen and oxygen atoms in total. The molecule has 2 aromatic rings. The Morgan fingerprint density at radius 3 is 2.14 bits per heavy atom. The van der Waals surface area contributed by atoms with Crippen LogP contribution in [0.1, 0.15) is 18.4 Å². The summed E-state index contributed by atoms with van der Waals surface area (Å²) in [7, 11) is -2.04. The molecule has 0 aliphatic rings. The van der Waals surface area contributed by atoms with Gasteiger partial charge in [-0.15, -0.1) is 0 Å².